The summed E-state index contributed by atoms with van der Waals surface area (Å²) in [5.41, 5.74) is -0.856. The predicted octanol–water partition coefficient (Wildman–Crippen LogP) is 2.89. The summed E-state index contributed by atoms with van der Waals surface area (Å²) in [5, 5.41) is 0. The fraction of sp³-hybridized carbons (Fsp3) is 0.143. The van der Waals surface area contributed by atoms with Crippen LogP contribution in [0.15, 0.2) is 30.3 Å². The first-order valence-corrected chi connectivity index (χ1v) is 3.07. The molecule has 1 aromatic rings. The van der Waals surface area contributed by atoms with Crippen LogP contribution >= 0.6 is 11.6 Å². The first-order valence-electron chi connectivity index (χ1n) is 2.64. The molecule has 0 bridgehead atoms. The van der Waals surface area contributed by atoms with Gasteiger partial charge >= 0.3 is 0 Å². The molecule has 0 aliphatic carbocycles. The van der Waals surface area contributed by atoms with E-state index in [1.807, 2.05) is 6.07 Å². The highest BCUT2D eigenvalue weighted by molar-refractivity contribution is 6.19. The van der Waals surface area contributed by atoms with Crippen molar-refractivity contribution in [3.8, 4) is 0 Å². The molecule has 48 valence electrons. The minimum atomic E-state index is -1.37. The average molecular weight is 145 g/mol. The highest BCUT2D eigenvalue weighted by Crippen LogP contribution is 2.19. The lowest BCUT2D eigenvalue weighted by molar-refractivity contribution is 0.460. The lowest BCUT2D eigenvalue weighted by Gasteiger charge is -1.95. The fourth-order valence-electron chi connectivity index (χ4n) is 0.599. The molecule has 0 radical (unpaired) electrons. The Morgan fingerprint density at radius 2 is 1.78 bits per heavy atom. The molecule has 0 heterocycles. The molecular weight excluding hydrogens is 139 g/mol. The van der Waals surface area contributed by atoms with Gasteiger partial charge in [0.25, 0.3) is 0 Å². The van der Waals surface area contributed by atoms with Gasteiger partial charge in [-0.15, -0.1) is 0 Å². The van der Waals surface area contributed by atoms with Gasteiger partial charge in [0.15, 0.2) is 5.63 Å². The van der Waals surface area contributed by atoms with Gasteiger partial charge < -0.3 is 0 Å². The number of benzene rings is 1. The first-order chi connectivity index (χ1) is 4.30. The number of hydrogen-bond donors (Lipinski definition) is 0. The van der Waals surface area contributed by atoms with Crippen LogP contribution < -0.4 is 0 Å². The lowest BCUT2D eigenvalue weighted by Crippen LogP contribution is -1.78. The van der Waals surface area contributed by atoms with Crippen molar-refractivity contribution in [3.63, 3.8) is 0 Å². The fourth-order valence-corrected chi connectivity index (χ4v) is 0.744. The Balaban J connectivity index is 2.85. The van der Waals surface area contributed by atoms with Crippen molar-refractivity contribution in [1.82, 2.24) is 0 Å². The van der Waals surface area contributed by atoms with Crippen LogP contribution in [0.4, 0.5) is 4.39 Å². The third kappa shape index (κ3) is 1.68. The molecule has 0 unspecified atom stereocenters. The molecule has 1 atom stereocenters. The average Bonchev–Trinajstić information content (AvgIpc) is 1.90. The van der Waals surface area contributed by atoms with Crippen molar-refractivity contribution in [1.29, 1.82) is 0 Å². The Morgan fingerprint density at radius 3 is 2.11 bits per heavy atom. The standard InChI is InChI=1S/C7H6ClF/c8-7(9)6-4-2-1-3-5-6/h1-5,7H/t7-/m1/s1. The maximum Gasteiger partial charge on any atom is 0.198 e. The Labute approximate surface area is 58.3 Å². The van der Waals surface area contributed by atoms with E-state index in [-0.39, 0.29) is 0 Å². The molecule has 2 heteroatoms. The maximum absolute atomic E-state index is 12.2. The maximum atomic E-state index is 12.2. The second kappa shape index (κ2) is 2.83. The third-order valence-corrected chi connectivity index (χ3v) is 1.30. The van der Waals surface area contributed by atoms with Gasteiger partial charge in [-0.1, -0.05) is 41.9 Å². The smallest absolute Gasteiger partial charge is 0.198 e. The van der Waals surface area contributed by atoms with E-state index in [1.54, 1.807) is 24.3 Å². The van der Waals surface area contributed by atoms with Gasteiger partial charge in [-0.2, -0.15) is 0 Å². The van der Waals surface area contributed by atoms with Gasteiger partial charge in [0.2, 0.25) is 0 Å². The highest BCUT2D eigenvalue weighted by atomic mass is 35.5. The molecule has 9 heavy (non-hydrogen) atoms. The monoisotopic (exact) mass is 144 g/mol. The molecule has 1 aromatic carbocycles. The van der Waals surface area contributed by atoms with Crippen molar-refractivity contribution in [2.45, 2.75) is 5.63 Å². The Kier molecular flexibility index (Phi) is 2.06. The Hall–Kier alpha value is -0.560. The molecule has 0 spiro atoms. The number of hydrogen-bond acceptors (Lipinski definition) is 0. The predicted molar refractivity (Wildman–Crippen MR) is 36.1 cm³/mol. The van der Waals surface area contributed by atoms with E-state index in [0.29, 0.717) is 5.56 Å². The summed E-state index contributed by atoms with van der Waals surface area (Å²) in [6.45, 7) is 0. The van der Waals surface area contributed by atoms with Gasteiger partial charge in [0.05, 0.1) is 0 Å². The van der Waals surface area contributed by atoms with E-state index < -0.39 is 5.63 Å². The van der Waals surface area contributed by atoms with Crippen molar-refractivity contribution >= 4 is 11.6 Å². The van der Waals surface area contributed by atoms with Crippen LogP contribution in [0.25, 0.3) is 0 Å². The van der Waals surface area contributed by atoms with Crippen LogP contribution in [0, 0.1) is 0 Å². The van der Waals surface area contributed by atoms with Gasteiger partial charge in [0.1, 0.15) is 0 Å². The van der Waals surface area contributed by atoms with Crippen LogP contribution in [-0.2, 0) is 0 Å². The summed E-state index contributed by atoms with van der Waals surface area (Å²) >= 11 is 5.14. The molecular formula is C7H6ClF. The minimum Gasteiger partial charge on any atom is -0.225 e. The lowest BCUT2D eigenvalue weighted by atomic mass is 10.2. The summed E-state index contributed by atoms with van der Waals surface area (Å²) in [6, 6.07) is 8.63. The van der Waals surface area contributed by atoms with Crippen molar-refractivity contribution in [2.75, 3.05) is 0 Å². The topological polar surface area (TPSA) is 0 Å². The van der Waals surface area contributed by atoms with E-state index in [2.05, 4.69) is 0 Å². The zero-order valence-corrected chi connectivity index (χ0v) is 5.48. The van der Waals surface area contributed by atoms with Gasteiger partial charge in [0, 0.05) is 5.56 Å². The molecule has 0 amide bonds. The number of rotatable bonds is 1. The van der Waals surface area contributed by atoms with Gasteiger partial charge in [-0.25, -0.2) is 4.39 Å². The van der Waals surface area contributed by atoms with Gasteiger partial charge in [-0.05, 0) is 0 Å². The van der Waals surface area contributed by atoms with Crippen LogP contribution in [0.2, 0.25) is 0 Å². The second-order valence-corrected chi connectivity index (χ2v) is 2.09. The summed E-state index contributed by atoms with van der Waals surface area (Å²) in [4.78, 5) is 0. The molecule has 0 nitrogen and oxygen atoms in total. The molecule has 0 aliphatic rings. The quantitative estimate of drug-likeness (QED) is 0.532. The number of halogens is 2. The summed E-state index contributed by atoms with van der Waals surface area (Å²) < 4.78 is 12.2. The van der Waals surface area contributed by atoms with E-state index in [4.69, 9.17) is 11.6 Å². The van der Waals surface area contributed by atoms with Crippen molar-refractivity contribution < 1.29 is 4.39 Å². The zero-order chi connectivity index (χ0) is 6.69. The Morgan fingerprint density at radius 1 is 1.22 bits per heavy atom. The minimum absolute atomic E-state index is 0.513. The van der Waals surface area contributed by atoms with Crippen LogP contribution in [0.5, 0.6) is 0 Å². The zero-order valence-electron chi connectivity index (χ0n) is 4.72. The molecule has 0 fully saturated rings. The molecule has 0 saturated carbocycles. The highest BCUT2D eigenvalue weighted by Gasteiger charge is 2.00. The van der Waals surface area contributed by atoms with E-state index in [1.165, 1.54) is 0 Å². The second-order valence-electron chi connectivity index (χ2n) is 1.71. The molecule has 0 aromatic heterocycles. The largest absolute Gasteiger partial charge is 0.225 e. The first kappa shape index (κ1) is 6.56. The third-order valence-electron chi connectivity index (χ3n) is 1.05. The van der Waals surface area contributed by atoms with Crippen molar-refractivity contribution in [2.24, 2.45) is 0 Å². The van der Waals surface area contributed by atoms with E-state index in [0.717, 1.165) is 0 Å². The van der Waals surface area contributed by atoms with Crippen LogP contribution in [0.3, 0.4) is 0 Å². The molecule has 1 rings (SSSR count). The molecule has 0 N–H and O–H groups in total. The SMILES string of the molecule is F[C@@H](Cl)c1ccccc1. The molecule has 0 aliphatic heterocycles. The van der Waals surface area contributed by atoms with E-state index in [9.17, 15) is 4.39 Å². The van der Waals surface area contributed by atoms with Crippen LogP contribution in [-0.4, -0.2) is 0 Å². The number of alkyl halides is 2. The molecule has 0 saturated heterocycles. The van der Waals surface area contributed by atoms with Gasteiger partial charge in [-0.3, -0.25) is 0 Å². The summed E-state index contributed by atoms with van der Waals surface area (Å²) in [5.74, 6) is 0. The van der Waals surface area contributed by atoms with Crippen molar-refractivity contribution in [3.05, 3.63) is 35.9 Å². The normalized spacial score (nSPS) is 13.1. The Bertz CT molecular complexity index is 172. The van der Waals surface area contributed by atoms with Crippen LogP contribution in [0.1, 0.15) is 11.2 Å². The summed E-state index contributed by atoms with van der Waals surface area (Å²) in [7, 11) is 0. The summed E-state index contributed by atoms with van der Waals surface area (Å²) in [6.07, 6.45) is 0. The van der Waals surface area contributed by atoms with E-state index >= 15 is 0 Å².